The lowest BCUT2D eigenvalue weighted by Crippen LogP contribution is -2.17. The van der Waals surface area contributed by atoms with Crippen LogP contribution < -0.4 is 10.1 Å². The van der Waals surface area contributed by atoms with Crippen LogP contribution in [0, 0.1) is 0 Å². The molecule has 5 heteroatoms. The molecule has 0 bridgehead atoms. The van der Waals surface area contributed by atoms with Gasteiger partial charge in [-0.15, -0.1) is 12.4 Å². The number of aryl methyl sites for hydroxylation is 1. The Balaban J connectivity index is 0.00000392. The molecule has 28 heavy (non-hydrogen) atoms. The molecule has 0 atom stereocenters. The largest absolute Gasteiger partial charge is 0.494 e. The van der Waals surface area contributed by atoms with E-state index in [1.165, 1.54) is 18.4 Å². The van der Waals surface area contributed by atoms with Gasteiger partial charge in [-0.05, 0) is 48.9 Å². The van der Waals surface area contributed by atoms with Gasteiger partial charge in [-0.25, -0.2) is 0 Å². The lowest BCUT2D eigenvalue weighted by molar-refractivity contribution is -0.136. The summed E-state index contributed by atoms with van der Waals surface area (Å²) in [7, 11) is 0. The highest BCUT2D eigenvalue weighted by Crippen LogP contribution is 2.14. The van der Waals surface area contributed by atoms with E-state index < -0.39 is 5.97 Å². The summed E-state index contributed by atoms with van der Waals surface area (Å²) >= 11 is 0. The van der Waals surface area contributed by atoms with Crippen LogP contribution >= 0.6 is 12.4 Å². The number of hydrogen-bond acceptors (Lipinski definition) is 3. The Morgan fingerprint density at radius 3 is 2.46 bits per heavy atom. The number of carboxylic acids is 1. The van der Waals surface area contributed by atoms with Crippen molar-refractivity contribution in [3.8, 4) is 5.75 Å². The molecule has 0 spiro atoms. The Bertz CT molecular complexity index is 687. The second kappa shape index (κ2) is 14.7. The van der Waals surface area contributed by atoms with Crippen LogP contribution in [0.25, 0.3) is 6.08 Å². The van der Waals surface area contributed by atoms with E-state index in [0.717, 1.165) is 30.8 Å². The second-order valence-electron chi connectivity index (χ2n) is 6.46. The molecule has 152 valence electrons. The smallest absolute Gasteiger partial charge is 0.304 e. The summed E-state index contributed by atoms with van der Waals surface area (Å²) in [4.78, 5) is 10.4. The number of halogens is 1. The van der Waals surface area contributed by atoms with Crippen molar-refractivity contribution in [3.63, 3.8) is 0 Å². The average Bonchev–Trinajstić information content (AvgIpc) is 2.69. The molecule has 0 aliphatic carbocycles. The van der Waals surface area contributed by atoms with E-state index in [-0.39, 0.29) is 18.8 Å². The summed E-state index contributed by atoms with van der Waals surface area (Å²) in [6.07, 6.45) is 8.71. The lowest BCUT2D eigenvalue weighted by atomic mass is 10.1. The molecule has 4 nitrogen and oxygen atoms in total. The fourth-order valence-electron chi connectivity index (χ4n) is 2.69. The molecule has 2 aromatic carbocycles. The van der Waals surface area contributed by atoms with Crippen molar-refractivity contribution in [2.75, 3.05) is 19.7 Å². The molecule has 0 aliphatic heterocycles. The fourth-order valence-corrected chi connectivity index (χ4v) is 2.69. The first-order valence-corrected chi connectivity index (χ1v) is 9.60. The maximum atomic E-state index is 10.4. The predicted molar refractivity (Wildman–Crippen MR) is 117 cm³/mol. The number of unbranched alkanes of at least 4 members (excludes halogenated alkanes) is 2. The highest BCUT2D eigenvalue weighted by atomic mass is 35.5. The van der Waals surface area contributed by atoms with Crippen molar-refractivity contribution < 1.29 is 14.6 Å². The number of rotatable bonds is 13. The first-order valence-electron chi connectivity index (χ1n) is 9.60. The van der Waals surface area contributed by atoms with Crippen LogP contribution in [0.15, 0.2) is 60.7 Å². The number of ether oxygens (including phenoxy) is 1. The van der Waals surface area contributed by atoms with Gasteiger partial charge in [0.2, 0.25) is 0 Å². The molecule has 0 radical (unpaired) electrons. The van der Waals surface area contributed by atoms with E-state index in [2.05, 4.69) is 35.6 Å². The van der Waals surface area contributed by atoms with E-state index in [1.54, 1.807) is 0 Å². The van der Waals surface area contributed by atoms with Crippen LogP contribution in [0.5, 0.6) is 5.75 Å². The molecule has 0 amide bonds. The molecule has 0 heterocycles. The van der Waals surface area contributed by atoms with E-state index in [9.17, 15) is 4.79 Å². The van der Waals surface area contributed by atoms with Crippen molar-refractivity contribution in [3.05, 3.63) is 71.8 Å². The molecule has 0 saturated heterocycles. The van der Waals surface area contributed by atoms with E-state index in [1.807, 2.05) is 36.4 Å². The van der Waals surface area contributed by atoms with Gasteiger partial charge in [0.25, 0.3) is 0 Å². The zero-order valence-electron chi connectivity index (χ0n) is 16.2. The Kier molecular flexibility index (Phi) is 12.5. The highest BCUT2D eigenvalue weighted by molar-refractivity contribution is 5.85. The minimum Gasteiger partial charge on any atom is -0.494 e. The van der Waals surface area contributed by atoms with Gasteiger partial charge in [-0.2, -0.15) is 0 Å². The molecule has 2 aromatic rings. The van der Waals surface area contributed by atoms with Crippen LogP contribution in [0.1, 0.15) is 36.8 Å². The Morgan fingerprint density at radius 1 is 1.00 bits per heavy atom. The van der Waals surface area contributed by atoms with Crippen molar-refractivity contribution >= 4 is 24.5 Å². The number of benzene rings is 2. The maximum absolute atomic E-state index is 10.4. The van der Waals surface area contributed by atoms with Gasteiger partial charge in [0.05, 0.1) is 13.0 Å². The summed E-state index contributed by atoms with van der Waals surface area (Å²) in [6, 6.07) is 18.6. The summed E-state index contributed by atoms with van der Waals surface area (Å²) in [5.74, 6) is 0.119. The standard InChI is InChI=1S/C23H29NO3.ClH/c25-23(26)16-18-24-17-7-11-21-12-14-22(15-13-21)27-19-6-2-5-10-20-8-3-1-4-9-20;/h1,3-4,7-9,11-15,24H,2,5-6,10,16-19H2,(H,25,26);1H/b11-7+;. The third-order valence-electron chi connectivity index (χ3n) is 4.19. The molecule has 0 saturated carbocycles. The van der Waals surface area contributed by atoms with Crippen molar-refractivity contribution in [1.29, 1.82) is 0 Å². The van der Waals surface area contributed by atoms with Crippen LogP contribution in [-0.4, -0.2) is 30.8 Å². The molecular weight excluding hydrogens is 374 g/mol. The second-order valence-corrected chi connectivity index (χ2v) is 6.46. The Labute approximate surface area is 174 Å². The quantitative estimate of drug-likeness (QED) is 0.463. The molecule has 0 fully saturated rings. The van der Waals surface area contributed by atoms with Crippen molar-refractivity contribution in [2.24, 2.45) is 0 Å². The molecule has 0 unspecified atom stereocenters. The van der Waals surface area contributed by atoms with Crippen molar-refractivity contribution in [2.45, 2.75) is 32.1 Å². The van der Waals surface area contributed by atoms with Gasteiger partial charge in [-0.3, -0.25) is 4.79 Å². The third-order valence-corrected chi connectivity index (χ3v) is 4.19. The first-order chi connectivity index (χ1) is 13.2. The van der Waals surface area contributed by atoms with Crippen LogP contribution in [0.4, 0.5) is 0 Å². The summed E-state index contributed by atoms with van der Waals surface area (Å²) in [5.41, 5.74) is 2.50. The van der Waals surface area contributed by atoms with E-state index in [0.29, 0.717) is 13.1 Å². The monoisotopic (exact) mass is 403 g/mol. The fraction of sp³-hybridized carbons (Fsp3) is 0.348. The summed E-state index contributed by atoms with van der Waals surface area (Å²) in [6.45, 7) is 1.89. The first kappa shape index (κ1) is 23.7. The van der Waals surface area contributed by atoms with E-state index in [4.69, 9.17) is 9.84 Å². The Morgan fingerprint density at radius 2 is 1.75 bits per heavy atom. The molecule has 0 aliphatic rings. The molecule has 2 rings (SSSR count). The number of carboxylic acid groups (broad SMARTS) is 1. The zero-order valence-corrected chi connectivity index (χ0v) is 17.0. The highest BCUT2D eigenvalue weighted by Gasteiger charge is 1.96. The predicted octanol–water partition coefficient (Wildman–Crippen LogP) is 4.98. The van der Waals surface area contributed by atoms with Gasteiger partial charge < -0.3 is 15.2 Å². The van der Waals surface area contributed by atoms with Gasteiger partial charge in [-0.1, -0.05) is 54.6 Å². The summed E-state index contributed by atoms with van der Waals surface area (Å²) in [5, 5.41) is 11.6. The number of hydrogen-bond donors (Lipinski definition) is 2. The van der Waals surface area contributed by atoms with Crippen molar-refractivity contribution in [1.82, 2.24) is 5.32 Å². The number of carbonyl (C=O) groups is 1. The molecular formula is C23H30ClNO3. The number of aliphatic carboxylic acids is 1. The topological polar surface area (TPSA) is 58.6 Å². The molecule has 0 aromatic heterocycles. The van der Waals surface area contributed by atoms with Crippen LogP contribution in [-0.2, 0) is 11.2 Å². The van der Waals surface area contributed by atoms with E-state index >= 15 is 0 Å². The maximum Gasteiger partial charge on any atom is 0.304 e. The minimum absolute atomic E-state index is 0. The average molecular weight is 404 g/mol. The minimum atomic E-state index is -0.779. The van der Waals surface area contributed by atoms with Crippen LogP contribution in [0.3, 0.4) is 0 Å². The Hall–Kier alpha value is -2.30. The zero-order chi connectivity index (χ0) is 19.2. The van der Waals surface area contributed by atoms with Gasteiger partial charge >= 0.3 is 5.97 Å². The SMILES string of the molecule is Cl.O=C(O)CCNC/C=C/c1ccc(OCCCCCc2ccccc2)cc1. The number of nitrogens with one attached hydrogen (secondary N) is 1. The molecule has 2 N–H and O–H groups in total. The van der Waals surface area contributed by atoms with Gasteiger partial charge in [0.15, 0.2) is 0 Å². The van der Waals surface area contributed by atoms with Gasteiger partial charge in [0.1, 0.15) is 5.75 Å². The third kappa shape index (κ3) is 10.8. The van der Waals surface area contributed by atoms with Gasteiger partial charge in [0, 0.05) is 13.1 Å². The summed E-state index contributed by atoms with van der Waals surface area (Å²) < 4.78 is 5.80. The van der Waals surface area contributed by atoms with Crippen LogP contribution in [0.2, 0.25) is 0 Å². The normalized spacial score (nSPS) is 10.6. The lowest BCUT2D eigenvalue weighted by Gasteiger charge is -2.06.